The lowest BCUT2D eigenvalue weighted by molar-refractivity contribution is -0.111. The van der Waals surface area contributed by atoms with Crippen LogP contribution in [-0.2, 0) is 11.8 Å². The number of nitrogens with zero attached hydrogens (tertiary/aromatic N) is 3. The molecule has 2 heterocycles. The van der Waals surface area contributed by atoms with Crippen molar-refractivity contribution in [1.82, 2.24) is 14.5 Å². The SMILES string of the molecule is C=CC(=O)Nc1cc(Nc2nccc(-c3cn(C)c4ccccc34)n2)c(OC)cc1C. The van der Waals surface area contributed by atoms with E-state index in [1.54, 1.807) is 19.4 Å². The molecule has 0 aliphatic rings. The lowest BCUT2D eigenvalue weighted by Crippen LogP contribution is -2.09. The summed E-state index contributed by atoms with van der Waals surface area (Å²) in [6.45, 7) is 5.39. The Morgan fingerprint density at radius 3 is 2.77 bits per heavy atom. The monoisotopic (exact) mass is 413 g/mol. The normalized spacial score (nSPS) is 10.7. The van der Waals surface area contributed by atoms with Crippen LogP contribution in [0.4, 0.5) is 17.3 Å². The second-order valence-electron chi connectivity index (χ2n) is 7.12. The van der Waals surface area contributed by atoms with Crippen molar-refractivity contribution in [3.05, 3.63) is 73.1 Å². The molecule has 0 radical (unpaired) electrons. The number of carbonyl (C=O) groups is 1. The zero-order valence-electron chi connectivity index (χ0n) is 17.6. The minimum absolute atomic E-state index is 0.284. The van der Waals surface area contributed by atoms with E-state index in [1.165, 1.54) is 6.08 Å². The predicted octanol–water partition coefficient (Wildman–Crippen LogP) is 4.82. The molecule has 0 spiro atoms. The van der Waals surface area contributed by atoms with Gasteiger partial charge in [0, 0.05) is 41.6 Å². The number of hydrogen-bond acceptors (Lipinski definition) is 5. The van der Waals surface area contributed by atoms with Crippen molar-refractivity contribution < 1.29 is 9.53 Å². The molecule has 7 nitrogen and oxygen atoms in total. The Bertz CT molecular complexity index is 1290. The Hall–Kier alpha value is -4.13. The molecule has 7 heteroatoms. The number of carbonyl (C=O) groups excluding carboxylic acids is 1. The molecule has 2 aromatic heterocycles. The smallest absolute Gasteiger partial charge is 0.247 e. The molecule has 31 heavy (non-hydrogen) atoms. The van der Waals surface area contributed by atoms with E-state index in [2.05, 4.69) is 45.1 Å². The van der Waals surface area contributed by atoms with Crippen molar-refractivity contribution in [2.24, 2.45) is 7.05 Å². The molecule has 156 valence electrons. The number of para-hydroxylation sites is 1. The lowest BCUT2D eigenvalue weighted by atomic mass is 10.1. The lowest BCUT2D eigenvalue weighted by Gasteiger charge is -2.15. The molecule has 1 amide bonds. The Kier molecular flexibility index (Phi) is 5.41. The predicted molar refractivity (Wildman–Crippen MR) is 124 cm³/mol. The fourth-order valence-electron chi connectivity index (χ4n) is 3.50. The van der Waals surface area contributed by atoms with Crippen LogP contribution in [0.5, 0.6) is 5.75 Å². The van der Waals surface area contributed by atoms with Crippen LogP contribution in [0.1, 0.15) is 5.56 Å². The van der Waals surface area contributed by atoms with Gasteiger partial charge < -0.3 is 19.9 Å². The molecule has 0 aliphatic carbocycles. The molecule has 0 fully saturated rings. The van der Waals surface area contributed by atoms with E-state index in [9.17, 15) is 4.79 Å². The fourth-order valence-corrected chi connectivity index (χ4v) is 3.50. The third-order valence-electron chi connectivity index (χ3n) is 5.06. The van der Waals surface area contributed by atoms with E-state index < -0.39 is 0 Å². The second-order valence-corrected chi connectivity index (χ2v) is 7.12. The number of aryl methyl sites for hydroxylation is 2. The topological polar surface area (TPSA) is 81.1 Å². The summed E-state index contributed by atoms with van der Waals surface area (Å²) in [5.41, 5.74) is 5.12. The van der Waals surface area contributed by atoms with E-state index in [4.69, 9.17) is 9.72 Å². The number of anilines is 3. The number of ether oxygens (including phenoxy) is 1. The molecule has 2 aromatic carbocycles. The van der Waals surface area contributed by atoms with E-state index in [1.807, 2.05) is 38.2 Å². The van der Waals surface area contributed by atoms with E-state index in [0.717, 1.165) is 27.7 Å². The van der Waals surface area contributed by atoms with Crippen molar-refractivity contribution >= 4 is 34.1 Å². The fraction of sp³-hybridized carbons (Fsp3) is 0.125. The molecular weight excluding hydrogens is 390 g/mol. The highest BCUT2D eigenvalue weighted by Crippen LogP contribution is 2.34. The molecule has 0 saturated carbocycles. The van der Waals surface area contributed by atoms with Gasteiger partial charge in [-0.1, -0.05) is 24.8 Å². The number of aromatic nitrogens is 3. The van der Waals surface area contributed by atoms with Crippen molar-refractivity contribution in [3.8, 4) is 17.0 Å². The third kappa shape index (κ3) is 3.98. The second kappa shape index (κ2) is 8.31. The number of amides is 1. The van der Waals surface area contributed by atoms with Gasteiger partial charge in [-0.15, -0.1) is 0 Å². The maximum atomic E-state index is 11.8. The van der Waals surface area contributed by atoms with Gasteiger partial charge >= 0.3 is 0 Å². The zero-order chi connectivity index (χ0) is 22.0. The molecule has 0 saturated heterocycles. The summed E-state index contributed by atoms with van der Waals surface area (Å²) in [5.74, 6) is 0.760. The first-order valence-corrected chi connectivity index (χ1v) is 9.76. The molecule has 4 aromatic rings. The molecule has 4 rings (SSSR count). The van der Waals surface area contributed by atoms with Gasteiger partial charge in [0.1, 0.15) is 5.75 Å². The van der Waals surface area contributed by atoms with Crippen molar-refractivity contribution in [3.63, 3.8) is 0 Å². The number of methoxy groups -OCH3 is 1. The van der Waals surface area contributed by atoms with E-state index in [0.29, 0.717) is 23.1 Å². The van der Waals surface area contributed by atoms with Crippen LogP contribution in [0.2, 0.25) is 0 Å². The van der Waals surface area contributed by atoms with Gasteiger partial charge in [0.05, 0.1) is 18.5 Å². The van der Waals surface area contributed by atoms with Gasteiger partial charge in [-0.25, -0.2) is 9.97 Å². The Labute approximate surface area is 180 Å². The summed E-state index contributed by atoms with van der Waals surface area (Å²) < 4.78 is 7.59. The standard InChI is InChI=1S/C24H23N5O2/c1-5-23(30)26-19-13-20(22(31-4)12-15(19)2)28-24-25-11-10-18(27-24)17-14-29(3)21-9-7-6-8-16(17)21/h5-14H,1H2,2-4H3,(H,26,30)(H,25,27,28). The van der Waals surface area contributed by atoms with Crippen LogP contribution < -0.4 is 15.4 Å². The molecule has 0 atom stereocenters. The summed E-state index contributed by atoms with van der Waals surface area (Å²) in [4.78, 5) is 20.8. The van der Waals surface area contributed by atoms with Gasteiger partial charge in [0.15, 0.2) is 0 Å². The Morgan fingerprint density at radius 2 is 2.00 bits per heavy atom. The first kappa shape index (κ1) is 20.2. The van der Waals surface area contributed by atoms with Crippen LogP contribution in [0.3, 0.4) is 0 Å². The van der Waals surface area contributed by atoms with E-state index >= 15 is 0 Å². The quantitative estimate of drug-likeness (QED) is 0.443. The Balaban J connectivity index is 1.71. The molecule has 0 bridgehead atoms. The average Bonchev–Trinajstić information content (AvgIpc) is 3.12. The van der Waals surface area contributed by atoms with Crippen LogP contribution >= 0.6 is 0 Å². The summed E-state index contributed by atoms with van der Waals surface area (Å²) in [5, 5.41) is 7.14. The largest absolute Gasteiger partial charge is 0.495 e. The highest BCUT2D eigenvalue weighted by atomic mass is 16.5. The number of hydrogen-bond donors (Lipinski definition) is 2. The maximum Gasteiger partial charge on any atom is 0.247 e. The maximum absolute atomic E-state index is 11.8. The summed E-state index contributed by atoms with van der Waals surface area (Å²) >= 11 is 0. The minimum atomic E-state index is -0.284. The summed E-state index contributed by atoms with van der Waals surface area (Å²) in [7, 11) is 3.61. The average molecular weight is 413 g/mol. The van der Waals surface area contributed by atoms with Crippen molar-refractivity contribution in [2.75, 3.05) is 17.7 Å². The summed E-state index contributed by atoms with van der Waals surface area (Å²) in [6.07, 6.45) is 5.01. The van der Waals surface area contributed by atoms with Gasteiger partial charge in [0.25, 0.3) is 0 Å². The van der Waals surface area contributed by atoms with Gasteiger partial charge in [-0.3, -0.25) is 4.79 Å². The number of rotatable bonds is 6. The Morgan fingerprint density at radius 1 is 1.19 bits per heavy atom. The number of benzene rings is 2. The highest BCUT2D eigenvalue weighted by molar-refractivity contribution is 6.00. The van der Waals surface area contributed by atoms with E-state index in [-0.39, 0.29) is 5.91 Å². The van der Waals surface area contributed by atoms with Crippen LogP contribution in [-0.4, -0.2) is 27.6 Å². The molecule has 0 unspecified atom stereocenters. The molecule has 0 aliphatic heterocycles. The third-order valence-corrected chi connectivity index (χ3v) is 5.06. The van der Waals surface area contributed by atoms with Crippen LogP contribution in [0.25, 0.3) is 22.2 Å². The zero-order valence-corrected chi connectivity index (χ0v) is 17.6. The van der Waals surface area contributed by atoms with Crippen molar-refractivity contribution in [2.45, 2.75) is 6.92 Å². The van der Waals surface area contributed by atoms with Gasteiger partial charge in [0.2, 0.25) is 11.9 Å². The summed E-state index contributed by atoms with van der Waals surface area (Å²) in [6, 6.07) is 13.7. The van der Waals surface area contributed by atoms with Crippen molar-refractivity contribution in [1.29, 1.82) is 0 Å². The van der Waals surface area contributed by atoms with Crippen LogP contribution in [0, 0.1) is 6.92 Å². The minimum Gasteiger partial charge on any atom is -0.495 e. The van der Waals surface area contributed by atoms with Gasteiger partial charge in [-0.05, 0) is 42.8 Å². The first-order valence-electron chi connectivity index (χ1n) is 9.76. The molecule has 2 N–H and O–H groups in total. The highest BCUT2D eigenvalue weighted by Gasteiger charge is 2.13. The molecular formula is C24H23N5O2. The van der Waals surface area contributed by atoms with Crippen LogP contribution in [0.15, 0.2) is 67.5 Å². The first-order chi connectivity index (χ1) is 15.0. The number of nitrogens with one attached hydrogen (secondary N) is 2. The number of fused-ring (bicyclic) bond motifs is 1. The van der Waals surface area contributed by atoms with Gasteiger partial charge in [-0.2, -0.15) is 0 Å².